The molecule has 0 saturated heterocycles. The lowest BCUT2D eigenvalue weighted by molar-refractivity contribution is -0.139. The molecule has 0 bridgehead atoms. The van der Waals surface area contributed by atoms with E-state index in [4.69, 9.17) is 11.6 Å². The highest BCUT2D eigenvalue weighted by Gasteiger charge is 2.33. The van der Waals surface area contributed by atoms with Crippen LogP contribution in [0.4, 0.5) is 5.69 Å². The number of anilines is 1. The van der Waals surface area contributed by atoms with Crippen molar-refractivity contribution in [2.45, 2.75) is 59.7 Å². The lowest BCUT2D eigenvalue weighted by Crippen LogP contribution is -2.53. The quantitative estimate of drug-likeness (QED) is 0.471. The summed E-state index contributed by atoms with van der Waals surface area (Å²) in [5, 5.41) is 3.36. The molecule has 2 amide bonds. The highest BCUT2D eigenvalue weighted by Crippen LogP contribution is 2.26. The molecular weight excluding hydrogens is 500 g/mol. The van der Waals surface area contributed by atoms with E-state index in [1.807, 2.05) is 32.9 Å². The minimum absolute atomic E-state index is 0.0518. The Bertz CT molecular complexity index is 1190. The van der Waals surface area contributed by atoms with Crippen LogP contribution in [0.5, 0.6) is 0 Å². The van der Waals surface area contributed by atoms with E-state index in [0.717, 1.165) is 20.6 Å². The van der Waals surface area contributed by atoms with Gasteiger partial charge in [0.05, 0.1) is 5.69 Å². The van der Waals surface area contributed by atoms with Crippen molar-refractivity contribution in [3.8, 4) is 0 Å². The first kappa shape index (κ1) is 29.6. The molecule has 0 saturated carbocycles. The van der Waals surface area contributed by atoms with Gasteiger partial charge in [0, 0.05) is 31.7 Å². The lowest BCUT2D eigenvalue weighted by atomic mass is 10.1. The van der Waals surface area contributed by atoms with Crippen LogP contribution in [0.3, 0.4) is 0 Å². The van der Waals surface area contributed by atoms with Crippen molar-refractivity contribution in [3.63, 3.8) is 0 Å². The van der Waals surface area contributed by atoms with Crippen LogP contribution in [0.25, 0.3) is 0 Å². The maximum absolute atomic E-state index is 13.8. The zero-order chi connectivity index (χ0) is 27.2. The van der Waals surface area contributed by atoms with E-state index in [2.05, 4.69) is 5.32 Å². The molecule has 198 valence electrons. The molecule has 8 nitrogen and oxygen atoms in total. The number of nitrogens with zero attached hydrogens (tertiary/aromatic N) is 3. The molecule has 2 atom stereocenters. The van der Waals surface area contributed by atoms with E-state index in [0.29, 0.717) is 21.8 Å². The number of hydrogen-bond acceptors (Lipinski definition) is 4. The molecular formula is C26H37ClN4O4S. The molecule has 10 heteroatoms. The molecule has 36 heavy (non-hydrogen) atoms. The third kappa shape index (κ3) is 7.21. The molecule has 2 aromatic rings. The molecule has 0 aliphatic carbocycles. The Morgan fingerprint density at radius 1 is 1.06 bits per heavy atom. The second kappa shape index (κ2) is 12.6. The summed E-state index contributed by atoms with van der Waals surface area (Å²) >= 11 is 6.37. The van der Waals surface area contributed by atoms with Gasteiger partial charge in [-0.2, -0.15) is 12.7 Å². The topological polar surface area (TPSA) is 90.0 Å². The van der Waals surface area contributed by atoms with Crippen molar-refractivity contribution in [1.82, 2.24) is 14.5 Å². The fourth-order valence-corrected chi connectivity index (χ4v) is 4.86. The highest BCUT2D eigenvalue weighted by atomic mass is 35.5. The normalized spacial score (nSPS) is 13.2. The Morgan fingerprint density at radius 3 is 2.28 bits per heavy atom. The van der Waals surface area contributed by atoms with E-state index in [-0.39, 0.29) is 18.5 Å². The molecule has 0 heterocycles. The first-order chi connectivity index (χ1) is 16.8. The number of carbonyl (C=O) groups is 2. The zero-order valence-electron chi connectivity index (χ0n) is 22.1. The Hall–Kier alpha value is -2.62. The van der Waals surface area contributed by atoms with Crippen molar-refractivity contribution in [2.24, 2.45) is 0 Å². The van der Waals surface area contributed by atoms with Crippen LogP contribution >= 0.6 is 11.6 Å². The van der Waals surface area contributed by atoms with Crippen LogP contribution in [-0.4, -0.2) is 62.2 Å². The first-order valence-corrected chi connectivity index (χ1v) is 13.7. The Morgan fingerprint density at radius 2 is 1.69 bits per heavy atom. The monoisotopic (exact) mass is 536 g/mol. The molecule has 2 rings (SSSR count). The molecule has 0 aromatic heterocycles. The van der Waals surface area contributed by atoms with E-state index in [9.17, 15) is 18.0 Å². The summed E-state index contributed by atoms with van der Waals surface area (Å²) in [5.41, 5.74) is 2.63. The minimum atomic E-state index is -4.02. The summed E-state index contributed by atoms with van der Waals surface area (Å²) in [6, 6.07) is 11.6. The highest BCUT2D eigenvalue weighted by molar-refractivity contribution is 7.90. The number of carbonyl (C=O) groups excluding carboxylic acids is 2. The largest absolute Gasteiger partial charge is 0.352 e. The van der Waals surface area contributed by atoms with Gasteiger partial charge in [-0.05, 0) is 62.9 Å². The maximum Gasteiger partial charge on any atom is 0.304 e. The fourth-order valence-electron chi connectivity index (χ4n) is 3.55. The number of amides is 2. The third-order valence-electron chi connectivity index (χ3n) is 6.12. The summed E-state index contributed by atoms with van der Waals surface area (Å²) in [6.45, 7) is 8.70. The van der Waals surface area contributed by atoms with Crippen molar-refractivity contribution in [3.05, 3.63) is 64.2 Å². The van der Waals surface area contributed by atoms with E-state index >= 15 is 0 Å². The summed E-state index contributed by atoms with van der Waals surface area (Å²) in [5.74, 6) is -0.841. The van der Waals surface area contributed by atoms with E-state index < -0.39 is 28.7 Å². The van der Waals surface area contributed by atoms with Crippen molar-refractivity contribution in [1.29, 1.82) is 0 Å². The number of benzene rings is 2. The van der Waals surface area contributed by atoms with Gasteiger partial charge in [0.15, 0.2) is 0 Å². The molecule has 0 aliphatic rings. The van der Waals surface area contributed by atoms with Crippen LogP contribution in [-0.2, 0) is 26.3 Å². The van der Waals surface area contributed by atoms with Gasteiger partial charge in [0.25, 0.3) is 0 Å². The number of rotatable bonds is 11. The van der Waals surface area contributed by atoms with Gasteiger partial charge in [0.1, 0.15) is 12.6 Å². The summed E-state index contributed by atoms with van der Waals surface area (Å²) in [6.07, 6.45) is 0.735. The van der Waals surface area contributed by atoms with Gasteiger partial charge in [-0.15, -0.1) is 0 Å². The summed E-state index contributed by atoms with van der Waals surface area (Å²) < 4.78 is 28.8. The Kier molecular flexibility index (Phi) is 10.3. The fraction of sp³-hybridized carbons (Fsp3) is 0.462. The van der Waals surface area contributed by atoms with E-state index in [1.54, 1.807) is 44.2 Å². The predicted octanol–water partition coefficient (Wildman–Crippen LogP) is 3.90. The van der Waals surface area contributed by atoms with E-state index in [1.165, 1.54) is 19.0 Å². The summed E-state index contributed by atoms with van der Waals surface area (Å²) in [4.78, 5) is 28.2. The second-order valence-electron chi connectivity index (χ2n) is 9.19. The Labute approximate surface area is 220 Å². The summed E-state index contributed by atoms with van der Waals surface area (Å²) in [7, 11) is -1.18. The van der Waals surface area contributed by atoms with Crippen LogP contribution < -0.4 is 9.62 Å². The number of hydrogen-bond donors (Lipinski definition) is 1. The van der Waals surface area contributed by atoms with Crippen molar-refractivity contribution < 1.29 is 18.0 Å². The van der Waals surface area contributed by atoms with Gasteiger partial charge >= 0.3 is 10.2 Å². The molecule has 2 aromatic carbocycles. The van der Waals surface area contributed by atoms with Crippen LogP contribution in [0.2, 0.25) is 5.02 Å². The second-order valence-corrected chi connectivity index (χ2v) is 11.7. The van der Waals surface area contributed by atoms with Gasteiger partial charge < -0.3 is 10.2 Å². The minimum Gasteiger partial charge on any atom is -0.352 e. The Balaban J connectivity index is 2.52. The third-order valence-corrected chi connectivity index (χ3v) is 8.29. The van der Waals surface area contributed by atoms with Crippen LogP contribution in [0.1, 0.15) is 43.9 Å². The molecule has 1 N–H and O–H groups in total. The maximum atomic E-state index is 13.8. The predicted molar refractivity (Wildman–Crippen MR) is 145 cm³/mol. The van der Waals surface area contributed by atoms with Crippen LogP contribution in [0.15, 0.2) is 42.5 Å². The molecule has 0 unspecified atom stereocenters. The average Bonchev–Trinajstić information content (AvgIpc) is 2.82. The zero-order valence-corrected chi connectivity index (χ0v) is 23.7. The van der Waals surface area contributed by atoms with Gasteiger partial charge in [-0.25, -0.2) is 4.31 Å². The van der Waals surface area contributed by atoms with Crippen molar-refractivity contribution in [2.75, 3.05) is 24.9 Å². The lowest BCUT2D eigenvalue weighted by Gasteiger charge is -2.34. The van der Waals surface area contributed by atoms with Gasteiger partial charge in [0.2, 0.25) is 11.8 Å². The smallest absolute Gasteiger partial charge is 0.304 e. The molecule has 0 spiro atoms. The number of halogens is 1. The standard InChI is InChI=1S/C26H37ClN4O4S/c1-8-20(4)28-26(33)21(5)30(16-22-11-9-10-12-23(22)27)25(32)17-31(36(34,35)29(6)7)24-15-18(2)13-14-19(24)3/h9-15,20-21H,8,16-17H2,1-7H3,(H,28,33)/t20-,21+/m0/s1. The molecule has 0 fully saturated rings. The SMILES string of the molecule is CC[C@H](C)NC(=O)[C@@H](C)N(Cc1ccccc1Cl)C(=O)CN(c1cc(C)ccc1C)S(=O)(=O)N(C)C. The number of aryl methyl sites for hydroxylation is 2. The van der Waals surface area contributed by atoms with Crippen LogP contribution in [0, 0.1) is 13.8 Å². The number of nitrogens with one attached hydrogen (secondary N) is 1. The van der Waals surface area contributed by atoms with Crippen molar-refractivity contribution >= 4 is 39.3 Å². The first-order valence-electron chi connectivity index (χ1n) is 11.9. The van der Waals surface area contributed by atoms with Gasteiger partial charge in [-0.3, -0.25) is 9.59 Å². The molecule has 0 aliphatic heterocycles. The molecule has 0 radical (unpaired) electrons. The van der Waals surface area contributed by atoms with Gasteiger partial charge in [-0.1, -0.05) is 48.9 Å². The average molecular weight is 537 g/mol.